The van der Waals surface area contributed by atoms with Gasteiger partial charge in [-0.2, -0.15) is 0 Å². The van der Waals surface area contributed by atoms with E-state index in [1.165, 1.54) is 11.8 Å². The lowest BCUT2D eigenvalue weighted by molar-refractivity contribution is 0.0989. The molecule has 2 heterocycles. The number of rotatable bonds is 2. The zero-order valence-corrected chi connectivity index (χ0v) is 14.7. The second-order valence-corrected chi connectivity index (χ2v) is 6.64. The molecule has 0 bridgehead atoms. The van der Waals surface area contributed by atoms with E-state index in [2.05, 4.69) is 25.9 Å². The number of hydrogen-bond acceptors (Lipinski definition) is 5. The molecule has 5 nitrogen and oxygen atoms in total. The van der Waals surface area contributed by atoms with E-state index in [1.54, 1.807) is 11.1 Å². The zero-order chi connectivity index (χ0) is 15.7. The summed E-state index contributed by atoms with van der Waals surface area (Å²) in [6.07, 6.45) is 3.55. The molecule has 22 heavy (non-hydrogen) atoms. The fourth-order valence-electron chi connectivity index (χ4n) is 2.39. The number of aromatic nitrogens is 2. The van der Waals surface area contributed by atoms with Crippen LogP contribution in [0, 0.1) is 0 Å². The van der Waals surface area contributed by atoms with E-state index in [0.717, 1.165) is 16.7 Å². The second kappa shape index (κ2) is 6.26. The molecule has 0 unspecified atom stereocenters. The smallest absolute Gasteiger partial charge is 0.263 e. The summed E-state index contributed by atoms with van der Waals surface area (Å²) in [5, 5.41) is 0.675. The Bertz CT molecular complexity index is 724. The molecule has 0 spiro atoms. The molecule has 2 aromatic rings. The third-order valence-corrected chi connectivity index (χ3v) is 4.60. The fourth-order valence-corrected chi connectivity index (χ4v) is 3.11. The van der Waals surface area contributed by atoms with E-state index in [4.69, 9.17) is 0 Å². The van der Waals surface area contributed by atoms with Gasteiger partial charge in [0.2, 0.25) is 0 Å². The van der Waals surface area contributed by atoms with Gasteiger partial charge in [0.1, 0.15) is 11.4 Å². The molecular weight excluding hydrogens is 364 g/mol. The molecule has 7 heteroatoms. The van der Waals surface area contributed by atoms with Gasteiger partial charge in [-0.05, 0) is 24.5 Å². The first-order chi connectivity index (χ1) is 10.6. The van der Waals surface area contributed by atoms with Crippen molar-refractivity contribution in [1.29, 1.82) is 0 Å². The molecule has 0 fully saturated rings. The summed E-state index contributed by atoms with van der Waals surface area (Å²) in [7, 11) is 1.95. The zero-order valence-electron chi connectivity index (χ0n) is 12.3. The van der Waals surface area contributed by atoms with Crippen LogP contribution in [-0.4, -0.2) is 42.3 Å². The van der Waals surface area contributed by atoms with Gasteiger partial charge in [-0.25, -0.2) is 9.97 Å². The van der Waals surface area contributed by atoms with E-state index >= 15 is 0 Å². The van der Waals surface area contributed by atoms with E-state index < -0.39 is 0 Å². The molecule has 0 N–H and O–H groups in total. The molecule has 1 aliphatic rings. The van der Waals surface area contributed by atoms with Gasteiger partial charge in [-0.15, -0.1) is 0 Å². The molecule has 1 amide bonds. The number of carbonyl (C=O) groups excluding carboxylic acids is 1. The first-order valence-corrected chi connectivity index (χ1v) is 8.81. The average molecular weight is 379 g/mol. The molecule has 0 saturated heterocycles. The highest BCUT2D eigenvalue weighted by molar-refractivity contribution is 9.10. The Morgan fingerprint density at radius 2 is 2.14 bits per heavy atom. The van der Waals surface area contributed by atoms with Crippen LogP contribution in [0.1, 0.15) is 10.4 Å². The first kappa shape index (κ1) is 15.3. The summed E-state index contributed by atoms with van der Waals surface area (Å²) < 4.78 is 0.949. The van der Waals surface area contributed by atoms with Crippen molar-refractivity contribution in [3.05, 3.63) is 40.5 Å². The van der Waals surface area contributed by atoms with Crippen LogP contribution in [0.4, 0.5) is 11.5 Å². The number of hydrogen-bond donors (Lipinski definition) is 0. The molecular formula is C15H15BrN4OS. The van der Waals surface area contributed by atoms with Crippen LogP contribution in [0.2, 0.25) is 0 Å². The summed E-state index contributed by atoms with van der Waals surface area (Å²) >= 11 is 4.93. The monoisotopic (exact) mass is 378 g/mol. The average Bonchev–Trinajstić information content (AvgIpc) is 2.65. The lowest BCUT2D eigenvalue weighted by atomic mass is 10.2. The Morgan fingerprint density at radius 3 is 2.86 bits per heavy atom. The molecule has 3 rings (SSSR count). The Balaban J connectivity index is 2.05. The summed E-state index contributed by atoms with van der Waals surface area (Å²) in [4.78, 5) is 25.4. The first-order valence-electron chi connectivity index (χ1n) is 6.80. The minimum absolute atomic E-state index is 0.0647. The maximum atomic E-state index is 12.9. The van der Waals surface area contributed by atoms with Gasteiger partial charge >= 0.3 is 0 Å². The van der Waals surface area contributed by atoms with Gasteiger partial charge in [0.05, 0.1) is 0 Å². The summed E-state index contributed by atoms with van der Waals surface area (Å²) in [6, 6.07) is 7.75. The Labute approximate surface area is 141 Å². The van der Waals surface area contributed by atoms with Crippen LogP contribution in [0.15, 0.2) is 40.1 Å². The molecule has 0 aliphatic carbocycles. The number of thioether (sulfide) groups is 1. The Morgan fingerprint density at radius 1 is 1.32 bits per heavy atom. The third-order valence-electron chi connectivity index (χ3n) is 3.55. The van der Waals surface area contributed by atoms with Crippen molar-refractivity contribution in [3.8, 4) is 0 Å². The molecule has 1 aromatic carbocycles. The van der Waals surface area contributed by atoms with E-state index in [9.17, 15) is 4.79 Å². The highest BCUT2D eigenvalue weighted by atomic mass is 79.9. The van der Waals surface area contributed by atoms with Crippen molar-refractivity contribution in [2.45, 2.75) is 5.16 Å². The van der Waals surface area contributed by atoms with Crippen molar-refractivity contribution in [1.82, 2.24) is 9.97 Å². The van der Waals surface area contributed by atoms with Crippen LogP contribution >= 0.6 is 27.7 Å². The minimum atomic E-state index is -0.0647. The van der Waals surface area contributed by atoms with E-state index in [0.29, 0.717) is 23.1 Å². The van der Waals surface area contributed by atoms with Crippen LogP contribution in [-0.2, 0) is 0 Å². The molecule has 0 radical (unpaired) electrons. The van der Waals surface area contributed by atoms with Crippen LogP contribution < -0.4 is 9.80 Å². The number of carbonyl (C=O) groups is 1. The van der Waals surface area contributed by atoms with Crippen LogP contribution in [0.5, 0.6) is 0 Å². The number of anilines is 2. The molecule has 1 aromatic heterocycles. The van der Waals surface area contributed by atoms with Crippen molar-refractivity contribution >= 4 is 45.1 Å². The lowest BCUT2D eigenvalue weighted by Gasteiger charge is -2.21. The molecule has 0 saturated carbocycles. The number of likely N-dealkylation sites (N-methyl/N-ethyl adjacent to an activating group) is 1. The number of nitrogens with zero attached hydrogens (tertiary/aromatic N) is 4. The van der Waals surface area contributed by atoms with Crippen molar-refractivity contribution in [3.63, 3.8) is 0 Å². The normalized spacial score (nSPS) is 14.8. The summed E-state index contributed by atoms with van der Waals surface area (Å²) in [6.45, 7) is 1.33. The van der Waals surface area contributed by atoms with Crippen molar-refractivity contribution < 1.29 is 4.79 Å². The standard InChI is InChI=1S/C15H15BrN4OS/c1-19-6-7-20(11-5-3-4-10(16)8-11)14(21)12-9-17-15(22-2)18-13(12)19/h3-5,8-9H,6-7H2,1-2H3. The Hall–Kier alpha value is -1.60. The number of benzene rings is 1. The van der Waals surface area contributed by atoms with Gasteiger partial charge in [-0.3, -0.25) is 4.79 Å². The predicted octanol–water partition coefficient (Wildman–Crippen LogP) is 3.06. The third kappa shape index (κ3) is 2.83. The Kier molecular flexibility index (Phi) is 4.35. The maximum Gasteiger partial charge on any atom is 0.263 e. The van der Waals surface area contributed by atoms with Crippen molar-refractivity contribution in [2.75, 3.05) is 36.2 Å². The van der Waals surface area contributed by atoms with Gasteiger partial charge in [0.25, 0.3) is 5.91 Å². The van der Waals surface area contributed by atoms with Gasteiger partial charge in [0, 0.05) is 36.5 Å². The number of halogens is 1. The quantitative estimate of drug-likeness (QED) is 0.593. The largest absolute Gasteiger partial charge is 0.357 e. The summed E-state index contributed by atoms with van der Waals surface area (Å²) in [5.74, 6) is 0.631. The SMILES string of the molecule is CSc1ncc2c(n1)N(C)CCN(c1cccc(Br)c1)C2=O. The highest BCUT2D eigenvalue weighted by Gasteiger charge is 2.27. The number of fused-ring (bicyclic) bond motifs is 1. The topological polar surface area (TPSA) is 49.3 Å². The fraction of sp³-hybridized carbons (Fsp3) is 0.267. The molecule has 114 valence electrons. The highest BCUT2D eigenvalue weighted by Crippen LogP contribution is 2.28. The molecule has 0 atom stereocenters. The van der Waals surface area contributed by atoms with Gasteiger partial charge in [-0.1, -0.05) is 33.8 Å². The summed E-state index contributed by atoms with van der Waals surface area (Å²) in [5.41, 5.74) is 1.41. The van der Waals surface area contributed by atoms with Crippen LogP contribution in [0.25, 0.3) is 0 Å². The predicted molar refractivity (Wildman–Crippen MR) is 92.9 cm³/mol. The van der Waals surface area contributed by atoms with Gasteiger partial charge < -0.3 is 9.80 Å². The van der Waals surface area contributed by atoms with Crippen molar-refractivity contribution in [2.24, 2.45) is 0 Å². The minimum Gasteiger partial charge on any atom is -0.357 e. The van der Waals surface area contributed by atoms with E-state index in [-0.39, 0.29) is 5.91 Å². The maximum absolute atomic E-state index is 12.9. The van der Waals surface area contributed by atoms with Gasteiger partial charge in [0.15, 0.2) is 5.16 Å². The van der Waals surface area contributed by atoms with E-state index in [1.807, 2.05) is 42.5 Å². The number of amides is 1. The molecule has 1 aliphatic heterocycles. The lowest BCUT2D eigenvalue weighted by Crippen LogP contribution is -2.33. The second-order valence-electron chi connectivity index (χ2n) is 4.95. The van der Waals surface area contributed by atoms with Crippen LogP contribution in [0.3, 0.4) is 0 Å².